The van der Waals surface area contributed by atoms with Gasteiger partial charge in [0.1, 0.15) is 40.1 Å². The van der Waals surface area contributed by atoms with Gasteiger partial charge in [0.05, 0.1) is 30.1 Å². The SMILES string of the molecule is COc1cccc(F)c1-c1nc2c3c(nc(=O)n2-c2c(C)ccnc2C(C)C)N2CCCC[C@@H]2COc3c1Cl. The van der Waals surface area contributed by atoms with Gasteiger partial charge in [-0.3, -0.25) is 4.98 Å². The third-order valence-electron chi connectivity index (χ3n) is 7.58. The highest BCUT2D eigenvalue weighted by molar-refractivity contribution is 6.36. The van der Waals surface area contributed by atoms with Crippen molar-refractivity contribution in [3.63, 3.8) is 0 Å². The molecule has 8 nitrogen and oxygen atoms in total. The molecule has 0 saturated carbocycles. The van der Waals surface area contributed by atoms with Crippen molar-refractivity contribution in [1.82, 2.24) is 19.5 Å². The molecule has 5 heterocycles. The lowest BCUT2D eigenvalue weighted by Gasteiger charge is -2.34. The fraction of sp³-hybridized carbons (Fsp3) is 0.379. The number of halogens is 2. The number of benzene rings is 1. The highest BCUT2D eigenvalue weighted by Gasteiger charge is 2.35. The van der Waals surface area contributed by atoms with Gasteiger partial charge in [0.15, 0.2) is 11.4 Å². The molecule has 39 heavy (non-hydrogen) atoms. The number of rotatable bonds is 4. The summed E-state index contributed by atoms with van der Waals surface area (Å²) in [6.07, 6.45) is 4.66. The van der Waals surface area contributed by atoms with Crippen LogP contribution in [0.25, 0.3) is 28.0 Å². The van der Waals surface area contributed by atoms with Crippen LogP contribution in [-0.4, -0.2) is 45.8 Å². The first-order chi connectivity index (χ1) is 18.8. The van der Waals surface area contributed by atoms with Gasteiger partial charge in [-0.05, 0) is 55.9 Å². The maximum absolute atomic E-state index is 15.4. The van der Waals surface area contributed by atoms with Crippen LogP contribution in [0.5, 0.6) is 11.5 Å². The van der Waals surface area contributed by atoms with E-state index in [9.17, 15) is 4.79 Å². The number of fused-ring (bicyclic) bond motifs is 2. The largest absolute Gasteiger partial charge is 0.496 e. The third kappa shape index (κ3) is 4.02. The molecule has 3 aromatic heterocycles. The molecule has 4 aromatic rings. The summed E-state index contributed by atoms with van der Waals surface area (Å²) < 4.78 is 28.7. The minimum atomic E-state index is -0.551. The van der Waals surface area contributed by atoms with Gasteiger partial charge in [-0.15, -0.1) is 0 Å². The zero-order valence-electron chi connectivity index (χ0n) is 22.3. The molecule has 0 radical (unpaired) electrons. The Bertz CT molecular complexity index is 1670. The van der Waals surface area contributed by atoms with Crippen LogP contribution in [0.15, 0.2) is 35.3 Å². The average Bonchev–Trinajstić information content (AvgIpc) is 3.08. The molecule has 202 valence electrons. The third-order valence-corrected chi connectivity index (χ3v) is 7.93. The number of aromatic nitrogens is 4. The van der Waals surface area contributed by atoms with Crippen LogP contribution in [0.3, 0.4) is 0 Å². The van der Waals surface area contributed by atoms with Crippen molar-refractivity contribution >= 4 is 28.5 Å². The maximum Gasteiger partial charge on any atom is 0.355 e. The summed E-state index contributed by atoms with van der Waals surface area (Å²) in [5.74, 6) is 0.561. The minimum absolute atomic E-state index is 0.0119. The Labute approximate surface area is 230 Å². The van der Waals surface area contributed by atoms with E-state index in [2.05, 4.69) is 14.9 Å². The second kappa shape index (κ2) is 9.79. The van der Waals surface area contributed by atoms with Gasteiger partial charge >= 0.3 is 5.69 Å². The quantitative estimate of drug-likeness (QED) is 0.317. The molecular formula is C29H29ClFN5O3. The van der Waals surface area contributed by atoms with E-state index in [4.69, 9.17) is 26.1 Å². The van der Waals surface area contributed by atoms with Crippen LogP contribution in [0.4, 0.5) is 10.2 Å². The second-order valence-electron chi connectivity index (χ2n) is 10.3. The van der Waals surface area contributed by atoms with Crippen LogP contribution in [0.2, 0.25) is 5.02 Å². The average molecular weight is 550 g/mol. The summed E-state index contributed by atoms with van der Waals surface area (Å²) in [6, 6.07) is 6.41. The summed E-state index contributed by atoms with van der Waals surface area (Å²) in [6.45, 7) is 7.05. The number of nitrogens with zero attached hydrogens (tertiary/aromatic N) is 5. The van der Waals surface area contributed by atoms with E-state index in [1.807, 2.05) is 26.8 Å². The van der Waals surface area contributed by atoms with Crippen molar-refractivity contribution in [2.75, 3.05) is 25.2 Å². The van der Waals surface area contributed by atoms with Crippen LogP contribution in [0, 0.1) is 12.7 Å². The number of ether oxygens (including phenoxy) is 2. The molecule has 0 bridgehead atoms. The molecular weight excluding hydrogens is 521 g/mol. The number of pyridine rings is 2. The highest BCUT2D eigenvalue weighted by atomic mass is 35.5. The molecule has 6 rings (SSSR count). The van der Waals surface area contributed by atoms with Gasteiger partial charge in [0.2, 0.25) is 0 Å². The molecule has 0 unspecified atom stereocenters. The molecule has 0 amide bonds. The smallest absolute Gasteiger partial charge is 0.355 e. The molecule has 1 fully saturated rings. The Balaban J connectivity index is 1.80. The van der Waals surface area contributed by atoms with Gasteiger partial charge in [-0.1, -0.05) is 31.5 Å². The van der Waals surface area contributed by atoms with E-state index in [1.54, 1.807) is 18.3 Å². The Morgan fingerprint density at radius 3 is 2.79 bits per heavy atom. The zero-order valence-corrected chi connectivity index (χ0v) is 23.0. The van der Waals surface area contributed by atoms with Crippen LogP contribution >= 0.6 is 11.6 Å². The van der Waals surface area contributed by atoms with Crippen LogP contribution in [-0.2, 0) is 0 Å². The van der Waals surface area contributed by atoms with E-state index >= 15 is 4.39 Å². The Morgan fingerprint density at radius 2 is 2.03 bits per heavy atom. The van der Waals surface area contributed by atoms with Crippen molar-refractivity contribution in [3.05, 3.63) is 63.0 Å². The van der Waals surface area contributed by atoms with Gasteiger partial charge < -0.3 is 14.4 Å². The first kappa shape index (κ1) is 25.6. The predicted octanol–water partition coefficient (Wildman–Crippen LogP) is 5.83. The van der Waals surface area contributed by atoms with Crippen molar-refractivity contribution < 1.29 is 13.9 Å². The number of anilines is 1. The van der Waals surface area contributed by atoms with E-state index in [-0.39, 0.29) is 39.6 Å². The van der Waals surface area contributed by atoms with E-state index < -0.39 is 11.5 Å². The van der Waals surface area contributed by atoms with Gasteiger partial charge in [-0.25, -0.2) is 18.7 Å². The summed E-state index contributed by atoms with van der Waals surface area (Å²) >= 11 is 6.99. The molecule has 1 aromatic carbocycles. The molecule has 0 N–H and O–H groups in total. The van der Waals surface area contributed by atoms with Crippen molar-refractivity contribution in [3.8, 4) is 28.4 Å². The fourth-order valence-corrected chi connectivity index (χ4v) is 6.00. The van der Waals surface area contributed by atoms with Gasteiger partial charge in [-0.2, -0.15) is 4.98 Å². The minimum Gasteiger partial charge on any atom is -0.496 e. The van der Waals surface area contributed by atoms with E-state index in [0.717, 1.165) is 37.1 Å². The topological polar surface area (TPSA) is 82.4 Å². The van der Waals surface area contributed by atoms with Crippen LogP contribution < -0.4 is 20.1 Å². The summed E-state index contributed by atoms with van der Waals surface area (Å²) in [4.78, 5) is 30.2. The number of methoxy groups -OCH3 is 1. The standard InChI is InChI=1S/C29H29ClFN5O3/c1-15(2)23-25(16(3)11-12-32-23)36-28-21-26(22(30)24(33-28)20-18(31)9-7-10-19(20)38-4)39-14-17-8-5-6-13-35(17)27(21)34-29(36)37/h7,9-12,15,17H,5-6,8,13-14H2,1-4H3/t17-/m1/s1. The lowest BCUT2D eigenvalue weighted by Crippen LogP contribution is -2.43. The Hall–Kier alpha value is -3.72. The molecule has 0 aliphatic carbocycles. The predicted molar refractivity (Wildman–Crippen MR) is 149 cm³/mol. The highest BCUT2D eigenvalue weighted by Crippen LogP contribution is 2.47. The maximum atomic E-state index is 15.4. The second-order valence-corrected chi connectivity index (χ2v) is 10.7. The van der Waals surface area contributed by atoms with Crippen molar-refractivity contribution in [1.29, 1.82) is 0 Å². The molecule has 10 heteroatoms. The number of hydrogen-bond acceptors (Lipinski definition) is 7. The molecule has 0 spiro atoms. The normalized spacial score (nSPS) is 16.7. The molecule has 1 saturated heterocycles. The van der Waals surface area contributed by atoms with Gasteiger partial charge in [0.25, 0.3) is 0 Å². The van der Waals surface area contributed by atoms with Crippen molar-refractivity contribution in [2.24, 2.45) is 0 Å². The molecule has 2 aliphatic rings. The van der Waals surface area contributed by atoms with Crippen LogP contribution in [0.1, 0.15) is 50.3 Å². The summed E-state index contributed by atoms with van der Waals surface area (Å²) in [5, 5.41) is 0.673. The lowest BCUT2D eigenvalue weighted by molar-refractivity contribution is 0.267. The first-order valence-corrected chi connectivity index (χ1v) is 13.5. The Morgan fingerprint density at radius 1 is 1.21 bits per heavy atom. The lowest BCUT2D eigenvalue weighted by atomic mass is 10.0. The molecule has 1 atom stereocenters. The van der Waals surface area contributed by atoms with E-state index in [0.29, 0.717) is 29.2 Å². The van der Waals surface area contributed by atoms with Gasteiger partial charge in [0, 0.05) is 12.7 Å². The summed E-state index contributed by atoms with van der Waals surface area (Å²) in [5.41, 5.74) is 2.18. The monoisotopic (exact) mass is 549 g/mol. The fourth-order valence-electron chi connectivity index (χ4n) is 5.71. The summed E-state index contributed by atoms with van der Waals surface area (Å²) in [7, 11) is 1.46. The van der Waals surface area contributed by atoms with Crippen molar-refractivity contribution in [2.45, 2.75) is 52.0 Å². The zero-order chi connectivity index (χ0) is 27.4. The number of piperidine rings is 1. The number of aryl methyl sites for hydroxylation is 1. The van der Waals surface area contributed by atoms with E-state index in [1.165, 1.54) is 17.7 Å². The number of hydrogen-bond donors (Lipinski definition) is 0. The Kier molecular flexibility index (Phi) is 6.41. The first-order valence-electron chi connectivity index (χ1n) is 13.2. The molecule has 2 aliphatic heterocycles.